The fourth-order valence-electron chi connectivity index (χ4n) is 1.97. The van der Waals surface area contributed by atoms with Gasteiger partial charge in [-0.15, -0.1) is 11.6 Å². The third kappa shape index (κ3) is 2.45. The van der Waals surface area contributed by atoms with Crippen LogP contribution in [0.2, 0.25) is 0 Å². The van der Waals surface area contributed by atoms with Crippen molar-refractivity contribution in [2.75, 3.05) is 13.4 Å². The van der Waals surface area contributed by atoms with Crippen molar-refractivity contribution >= 4 is 34.4 Å². The molecule has 1 aromatic carbocycles. The maximum absolute atomic E-state index is 5.99. The van der Waals surface area contributed by atoms with Crippen molar-refractivity contribution in [3.8, 4) is 5.75 Å². The first-order chi connectivity index (χ1) is 8.71. The third-order valence-corrected chi connectivity index (χ3v) is 4.20. The maximum Gasteiger partial charge on any atom is 0.146 e. The van der Waals surface area contributed by atoms with Gasteiger partial charge in [-0.2, -0.15) is 11.8 Å². The van der Waals surface area contributed by atoms with Crippen molar-refractivity contribution in [2.24, 2.45) is 0 Å². The number of alkyl halides is 1. The summed E-state index contributed by atoms with van der Waals surface area (Å²) in [6.07, 6.45) is 2.12. The molecule has 0 bridgehead atoms. The Bertz CT molecular complexity index is 541. The second-order valence-corrected chi connectivity index (χ2v) is 5.69. The Balaban J connectivity index is 2.55. The second-order valence-electron chi connectivity index (χ2n) is 4.15. The maximum atomic E-state index is 5.99. The van der Waals surface area contributed by atoms with Crippen LogP contribution < -0.4 is 4.74 Å². The number of para-hydroxylation sites is 1. The molecule has 1 unspecified atom stereocenters. The van der Waals surface area contributed by atoms with Gasteiger partial charge in [0.1, 0.15) is 17.1 Å². The fourth-order valence-corrected chi connectivity index (χ4v) is 2.47. The van der Waals surface area contributed by atoms with Gasteiger partial charge in [-0.3, -0.25) is 0 Å². The number of methoxy groups -OCH3 is 1. The SMILES string of the molecule is COc1cccc2c1nc(CCl)n2CC(C)SC. The number of hydrogen-bond donors (Lipinski definition) is 0. The van der Waals surface area contributed by atoms with Crippen LogP contribution in [0.3, 0.4) is 0 Å². The van der Waals surface area contributed by atoms with E-state index >= 15 is 0 Å². The molecule has 2 aromatic rings. The van der Waals surface area contributed by atoms with Gasteiger partial charge in [-0.1, -0.05) is 13.0 Å². The predicted molar refractivity (Wildman–Crippen MR) is 78.8 cm³/mol. The highest BCUT2D eigenvalue weighted by Gasteiger charge is 2.14. The zero-order valence-electron chi connectivity index (χ0n) is 10.8. The summed E-state index contributed by atoms with van der Waals surface area (Å²) in [6.45, 7) is 3.11. The molecule has 1 atom stereocenters. The predicted octanol–water partition coefficient (Wildman–Crippen LogP) is 3.54. The summed E-state index contributed by atoms with van der Waals surface area (Å²) in [5.74, 6) is 2.12. The Kier molecular flexibility index (Phi) is 4.40. The molecular formula is C13H17ClN2OS. The monoisotopic (exact) mass is 284 g/mol. The van der Waals surface area contributed by atoms with E-state index in [1.807, 2.05) is 23.9 Å². The van der Waals surface area contributed by atoms with E-state index in [4.69, 9.17) is 16.3 Å². The number of fused-ring (bicyclic) bond motifs is 1. The molecule has 5 heteroatoms. The summed E-state index contributed by atoms with van der Waals surface area (Å²) in [4.78, 5) is 4.59. The molecular weight excluding hydrogens is 268 g/mol. The molecule has 0 N–H and O–H groups in total. The minimum absolute atomic E-state index is 0.416. The summed E-state index contributed by atoms with van der Waals surface area (Å²) in [6, 6.07) is 5.98. The lowest BCUT2D eigenvalue weighted by molar-refractivity contribution is 0.419. The van der Waals surface area contributed by atoms with Crippen LogP contribution in [-0.2, 0) is 12.4 Å². The number of rotatable bonds is 5. The van der Waals surface area contributed by atoms with E-state index in [1.54, 1.807) is 7.11 Å². The van der Waals surface area contributed by atoms with Gasteiger partial charge in [0.2, 0.25) is 0 Å². The summed E-state index contributed by atoms with van der Waals surface area (Å²) in [5, 5.41) is 0.524. The van der Waals surface area contributed by atoms with Crippen LogP contribution in [0.5, 0.6) is 5.75 Å². The zero-order chi connectivity index (χ0) is 13.1. The lowest BCUT2D eigenvalue weighted by atomic mass is 10.3. The first-order valence-electron chi connectivity index (χ1n) is 5.82. The van der Waals surface area contributed by atoms with Gasteiger partial charge in [-0.25, -0.2) is 4.98 Å². The number of halogens is 1. The number of imidazole rings is 1. The average Bonchev–Trinajstić information content (AvgIpc) is 2.76. The topological polar surface area (TPSA) is 27.1 Å². The standard InChI is InChI=1S/C13H17ClN2OS/c1-9(18-3)8-16-10-5-4-6-11(17-2)13(10)15-12(16)7-14/h4-6,9H,7-8H2,1-3H3. The number of aromatic nitrogens is 2. The largest absolute Gasteiger partial charge is 0.494 e. The van der Waals surface area contributed by atoms with Gasteiger partial charge < -0.3 is 9.30 Å². The van der Waals surface area contributed by atoms with E-state index in [0.29, 0.717) is 11.1 Å². The molecule has 0 aliphatic carbocycles. The lowest BCUT2D eigenvalue weighted by Crippen LogP contribution is -2.11. The number of nitrogens with zero attached hydrogens (tertiary/aromatic N) is 2. The molecule has 1 aromatic heterocycles. The summed E-state index contributed by atoms with van der Waals surface area (Å²) >= 11 is 7.83. The van der Waals surface area contributed by atoms with Crippen LogP contribution in [0.25, 0.3) is 11.0 Å². The molecule has 18 heavy (non-hydrogen) atoms. The highest BCUT2D eigenvalue weighted by molar-refractivity contribution is 7.99. The number of ether oxygens (including phenoxy) is 1. The molecule has 0 spiro atoms. The van der Waals surface area contributed by atoms with Crippen molar-refractivity contribution in [3.63, 3.8) is 0 Å². The zero-order valence-corrected chi connectivity index (χ0v) is 12.4. The summed E-state index contributed by atoms with van der Waals surface area (Å²) < 4.78 is 7.53. The molecule has 0 saturated carbocycles. The average molecular weight is 285 g/mol. The van der Waals surface area contributed by atoms with Crippen LogP contribution in [0, 0.1) is 0 Å². The minimum Gasteiger partial charge on any atom is -0.494 e. The van der Waals surface area contributed by atoms with Gasteiger partial charge in [0, 0.05) is 11.8 Å². The Morgan fingerprint density at radius 3 is 2.89 bits per heavy atom. The highest BCUT2D eigenvalue weighted by Crippen LogP contribution is 2.27. The highest BCUT2D eigenvalue weighted by atomic mass is 35.5. The van der Waals surface area contributed by atoms with Crippen molar-refractivity contribution in [2.45, 2.75) is 24.6 Å². The molecule has 98 valence electrons. The van der Waals surface area contributed by atoms with Crippen LogP contribution in [-0.4, -0.2) is 28.2 Å². The van der Waals surface area contributed by atoms with Gasteiger partial charge in [-0.05, 0) is 18.4 Å². The third-order valence-electron chi connectivity index (χ3n) is 3.00. The van der Waals surface area contributed by atoms with Gasteiger partial charge >= 0.3 is 0 Å². The van der Waals surface area contributed by atoms with E-state index in [1.165, 1.54) is 0 Å². The van der Waals surface area contributed by atoms with Crippen LogP contribution in [0.15, 0.2) is 18.2 Å². The van der Waals surface area contributed by atoms with E-state index in [-0.39, 0.29) is 0 Å². The molecule has 0 aliphatic rings. The van der Waals surface area contributed by atoms with Crippen molar-refractivity contribution in [1.29, 1.82) is 0 Å². The second kappa shape index (κ2) is 5.85. The smallest absolute Gasteiger partial charge is 0.146 e. The van der Waals surface area contributed by atoms with Crippen LogP contribution in [0.4, 0.5) is 0 Å². The molecule has 0 fully saturated rings. The van der Waals surface area contributed by atoms with E-state index < -0.39 is 0 Å². The summed E-state index contributed by atoms with van der Waals surface area (Å²) in [7, 11) is 1.67. The Morgan fingerprint density at radius 2 is 2.28 bits per heavy atom. The molecule has 3 nitrogen and oxygen atoms in total. The van der Waals surface area contributed by atoms with Gasteiger partial charge in [0.25, 0.3) is 0 Å². The number of thioether (sulfide) groups is 1. The van der Waals surface area contributed by atoms with Crippen LogP contribution in [0.1, 0.15) is 12.7 Å². The van der Waals surface area contributed by atoms with E-state index in [0.717, 1.165) is 29.2 Å². The molecule has 0 aliphatic heterocycles. The molecule has 0 amide bonds. The summed E-state index contributed by atoms with van der Waals surface area (Å²) in [5.41, 5.74) is 1.98. The molecule has 2 rings (SSSR count). The lowest BCUT2D eigenvalue weighted by Gasteiger charge is -2.12. The van der Waals surface area contributed by atoms with E-state index in [9.17, 15) is 0 Å². The van der Waals surface area contributed by atoms with Crippen LogP contribution >= 0.6 is 23.4 Å². The van der Waals surface area contributed by atoms with Crippen molar-refractivity contribution in [1.82, 2.24) is 9.55 Å². The van der Waals surface area contributed by atoms with Gasteiger partial charge in [0.05, 0.1) is 18.5 Å². The normalized spacial score (nSPS) is 12.9. The molecule has 1 heterocycles. The first-order valence-corrected chi connectivity index (χ1v) is 7.64. The minimum atomic E-state index is 0.416. The first kappa shape index (κ1) is 13.6. The fraction of sp³-hybridized carbons (Fsp3) is 0.462. The van der Waals surface area contributed by atoms with Gasteiger partial charge in [0.15, 0.2) is 0 Å². The molecule has 0 radical (unpaired) electrons. The Hall–Kier alpha value is -0.870. The molecule has 0 saturated heterocycles. The van der Waals surface area contributed by atoms with E-state index in [2.05, 4.69) is 28.8 Å². The Labute approximate surface area is 116 Å². The van der Waals surface area contributed by atoms with Crippen molar-refractivity contribution < 1.29 is 4.74 Å². The number of hydrogen-bond acceptors (Lipinski definition) is 3. The number of benzene rings is 1. The van der Waals surface area contributed by atoms with Crippen molar-refractivity contribution in [3.05, 3.63) is 24.0 Å². The Morgan fingerprint density at radius 1 is 1.50 bits per heavy atom. The quantitative estimate of drug-likeness (QED) is 0.786.